The van der Waals surface area contributed by atoms with Crippen molar-refractivity contribution >= 4 is 36.3 Å². The van der Waals surface area contributed by atoms with Gasteiger partial charge < -0.3 is 15.2 Å². The Kier molecular flexibility index (Phi) is 7.19. The van der Waals surface area contributed by atoms with Crippen LogP contribution in [0.5, 0.6) is 0 Å². The lowest BCUT2D eigenvalue weighted by Gasteiger charge is -2.57. The van der Waals surface area contributed by atoms with E-state index in [0.29, 0.717) is 24.2 Å². The minimum Gasteiger partial charge on any atom is -0.480 e. The molecule has 0 aliphatic heterocycles. The summed E-state index contributed by atoms with van der Waals surface area (Å²) in [6.07, 6.45) is 9.34. The number of fused-ring (bicyclic) bond motifs is 5. The second-order valence-electron chi connectivity index (χ2n) is 11.2. The first-order valence-corrected chi connectivity index (χ1v) is 13.3. The van der Waals surface area contributed by atoms with E-state index in [0.717, 1.165) is 44.9 Å². The zero-order valence-electron chi connectivity index (χ0n) is 20.2. The van der Waals surface area contributed by atoms with Gasteiger partial charge in [-0.25, -0.2) is 4.79 Å². The lowest BCUT2D eigenvalue weighted by atomic mass is 9.47. The number of rotatable bonds is 7. The molecule has 0 unspecified atom stereocenters. The fraction of sp³-hybridized carbons (Fsp3) is 0.769. The van der Waals surface area contributed by atoms with Gasteiger partial charge in [0.1, 0.15) is 12.1 Å². The van der Waals surface area contributed by atoms with Crippen molar-refractivity contribution in [2.24, 2.45) is 28.6 Å². The molecule has 4 aliphatic rings. The van der Waals surface area contributed by atoms with Crippen molar-refractivity contribution in [2.45, 2.75) is 90.2 Å². The predicted molar refractivity (Wildman–Crippen MR) is 129 cm³/mol. The van der Waals surface area contributed by atoms with Crippen molar-refractivity contribution in [3.63, 3.8) is 0 Å². The van der Waals surface area contributed by atoms with Gasteiger partial charge in [-0.1, -0.05) is 19.4 Å². The molecule has 4 rings (SSSR count). The molecule has 0 spiro atoms. The minimum absolute atomic E-state index is 0.0118. The molecule has 4 aliphatic carbocycles. The topological polar surface area (TPSA) is 110 Å². The van der Waals surface area contributed by atoms with Crippen LogP contribution in [0.15, 0.2) is 11.6 Å². The van der Waals surface area contributed by atoms with Crippen molar-refractivity contribution in [1.82, 2.24) is 5.32 Å². The number of esters is 1. The first-order valence-electron chi connectivity index (χ1n) is 12.6. The Morgan fingerprint density at radius 1 is 1.12 bits per heavy atom. The molecular weight excluding hydrogens is 454 g/mol. The molecule has 0 heterocycles. The van der Waals surface area contributed by atoms with Crippen LogP contribution in [0, 0.1) is 28.6 Å². The zero-order chi connectivity index (χ0) is 24.7. The number of carbonyl (C=O) groups is 4. The van der Waals surface area contributed by atoms with E-state index in [9.17, 15) is 19.2 Å². The summed E-state index contributed by atoms with van der Waals surface area (Å²) in [5.41, 5.74) is 1.43. The number of hydrogen-bond acceptors (Lipinski definition) is 6. The summed E-state index contributed by atoms with van der Waals surface area (Å²) >= 11 is 3.93. The highest BCUT2D eigenvalue weighted by atomic mass is 32.1. The van der Waals surface area contributed by atoms with Crippen LogP contribution in [0.2, 0.25) is 0 Å². The molecule has 0 aromatic carbocycles. The molecule has 2 N–H and O–H groups in total. The Morgan fingerprint density at radius 3 is 2.59 bits per heavy atom. The fourth-order valence-electron chi connectivity index (χ4n) is 7.59. The zero-order valence-corrected chi connectivity index (χ0v) is 21.1. The third-order valence-corrected chi connectivity index (χ3v) is 9.89. The van der Waals surface area contributed by atoms with Crippen LogP contribution in [-0.2, 0) is 23.9 Å². The molecule has 1 amide bonds. The van der Waals surface area contributed by atoms with E-state index < -0.39 is 23.9 Å². The van der Waals surface area contributed by atoms with E-state index in [-0.39, 0.29) is 41.3 Å². The molecule has 0 aromatic rings. The normalized spacial score (nSPS) is 37.5. The number of carboxylic acids is 1. The molecule has 3 saturated carbocycles. The van der Waals surface area contributed by atoms with Gasteiger partial charge in [0, 0.05) is 24.0 Å². The summed E-state index contributed by atoms with van der Waals surface area (Å²) in [5, 5.41) is 11.4. The molecule has 0 saturated heterocycles. The molecule has 0 radical (unpaired) electrons. The lowest BCUT2D eigenvalue weighted by Crippen LogP contribution is -2.51. The Morgan fingerprint density at radius 2 is 1.88 bits per heavy atom. The summed E-state index contributed by atoms with van der Waals surface area (Å²) in [6.45, 7) is 4.64. The molecule has 0 bridgehead atoms. The number of ether oxygens (including phenoxy) is 1. The number of ketones is 1. The van der Waals surface area contributed by atoms with Crippen LogP contribution in [0.1, 0.15) is 78.1 Å². The van der Waals surface area contributed by atoms with Crippen LogP contribution in [0.3, 0.4) is 0 Å². The first-order chi connectivity index (χ1) is 16.1. The number of allylic oxidation sites excluding steroid dienone is 1. The van der Waals surface area contributed by atoms with Crippen LogP contribution in [-0.4, -0.2) is 46.6 Å². The molecule has 7 atom stereocenters. The number of carbonyl (C=O) groups excluding carboxylic acids is 3. The minimum atomic E-state index is -1.15. The first kappa shape index (κ1) is 25.3. The van der Waals surface area contributed by atoms with Gasteiger partial charge in [0.25, 0.3) is 0 Å². The average molecular weight is 492 g/mol. The van der Waals surface area contributed by atoms with E-state index in [1.165, 1.54) is 5.57 Å². The number of thiol groups is 1. The van der Waals surface area contributed by atoms with Crippen LogP contribution in [0.4, 0.5) is 0 Å². The maximum atomic E-state index is 12.6. The fourth-order valence-corrected chi connectivity index (χ4v) is 7.84. The summed E-state index contributed by atoms with van der Waals surface area (Å²) in [4.78, 5) is 47.7. The third kappa shape index (κ3) is 4.54. The number of carboxylic acid groups (broad SMARTS) is 1. The molecule has 3 fully saturated rings. The molecule has 0 aromatic heterocycles. The van der Waals surface area contributed by atoms with Crippen LogP contribution in [0.25, 0.3) is 0 Å². The van der Waals surface area contributed by atoms with Gasteiger partial charge in [-0.05, 0) is 74.2 Å². The highest BCUT2D eigenvalue weighted by molar-refractivity contribution is 7.80. The Hall–Kier alpha value is -1.83. The number of nitrogens with one attached hydrogen (secondary N) is 1. The van der Waals surface area contributed by atoms with Crippen molar-refractivity contribution in [1.29, 1.82) is 0 Å². The van der Waals surface area contributed by atoms with E-state index in [1.54, 1.807) is 0 Å². The maximum Gasteiger partial charge on any atom is 0.327 e. The smallest absolute Gasteiger partial charge is 0.327 e. The summed E-state index contributed by atoms with van der Waals surface area (Å²) in [5.74, 6) is -0.0724. The monoisotopic (exact) mass is 491 g/mol. The van der Waals surface area contributed by atoms with Gasteiger partial charge in [0.15, 0.2) is 5.78 Å². The largest absolute Gasteiger partial charge is 0.480 e. The third-order valence-electron chi connectivity index (χ3n) is 9.52. The Balaban J connectivity index is 1.35. The van der Waals surface area contributed by atoms with Gasteiger partial charge >= 0.3 is 11.9 Å². The second kappa shape index (κ2) is 9.67. The summed E-state index contributed by atoms with van der Waals surface area (Å²) in [7, 11) is 0. The highest BCUT2D eigenvalue weighted by Gasteiger charge is 2.59. The van der Waals surface area contributed by atoms with Crippen LogP contribution >= 0.6 is 12.6 Å². The van der Waals surface area contributed by atoms with Gasteiger partial charge in [-0.15, -0.1) is 0 Å². The predicted octanol–water partition coefficient (Wildman–Crippen LogP) is 3.71. The van der Waals surface area contributed by atoms with Gasteiger partial charge in [0.2, 0.25) is 5.91 Å². The van der Waals surface area contributed by atoms with Crippen LogP contribution < -0.4 is 5.32 Å². The van der Waals surface area contributed by atoms with Crippen molar-refractivity contribution in [3.05, 3.63) is 11.6 Å². The second-order valence-corrected chi connectivity index (χ2v) is 11.6. The Bertz CT molecular complexity index is 902. The maximum absolute atomic E-state index is 12.6. The number of amides is 1. The Labute approximate surface area is 206 Å². The van der Waals surface area contributed by atoms with Gasteiger partial charge in [-0.3, -0.25) is 14.4 Å². The summed E-state index contributed by atoms with van der Waals surface area (Å²) < 4.78 is 5.93. The van der Waals surface area contributed by atoms with E-state index in [2.05, 4.69) is 31.8 Å². The molecule has 8 heteroatoms. The lowest BCUT2D eigenvalue weighted by molar-refractivity contribution is -0.160. The standard InChI is InChI=1S/C26H37NO6S/c1-25-11-9-16(28)13-15(25)3-4-17-18-5-6-21(26(18,2)12-10-19(17)25)33-23(30)8-7-22(29)27-20(14-34)24(31)32/h13,17-21,34H,3-12,14H2,1-2H3,(H,27,29)(H,31,32)/t17-,18+,19-,20+,21-,25+,26+/m1/s1. The number of aliphatic carboxylic acids is 1. The molecule has 188 valence electrons. The van der Waals surface area contributed by atoms with Gasteiger partial charge in [-0.2, -0.15) is 12.6 Å². The van der Waals surface area contributed by atoms with E-state index >= 15 is 0 Å². The number of hydrogen-bond donors (Lipinski definition) is 3. The average Bonchev–Trinajstić information content (AvgIpc) is 3.12. The van der Waals surface area contributed by atoms with Gasteiger partial charge in [0.05, 0.1) is 6.42 Å². The van der Waals surface area contributed by atoms with Crippen molar-refractivity contribution < 1.29 is 29.0 Å². The van der Waals surface area contributed by atoms with E-state index in [4.69, 9.17) is 9.84 Å². The quantitative estimate of drug-likeness (QED) is 0.370. The highest BCUT2D eigenvalue weighted by Crippen LogP contribution is 2.65. The van der Waals surface area contributed by atoms with Crippen molar-refractivity contribution in [2.75, 3.05) is 5.75 Å². The van der Waals surface area contributed by atoms with Crippen molar-refractivity contribution in [3.8, 4) is 0 Å². The molecule has 7 nitrogen and oxygen atoms in total. The molecule has 34 heavy (non-hydrogen) atoms. The van der Waals surface area contributed by atoms with E-state index in [1.807, 2.05) is 6.08 Å². The SMILES string of the molecule is C[C@]12CC[C@@H]3[C@H](CCC4=CC(=O)CC[C@@]43C)[C@@H]1CC[C@H]2OC(=O)CCC(=O)N[C@@H](CS)C(=O)O. The molecular formula is C26H37NO6S. The summed E-state index contributed by atoms with van der Waals surface area (Å²) in [6, 6.07) is -1.06.